The summed E-state index contributed by atoms with van der Waals surface area (Å²) in [6.07, 6.45) is 3.85. The van der Waals surface area contributed by atoms with Crippen LogP contribution in [0.2, 0.25) is 0 Å². The molecule has 2 rings (SSSR count). The van der Waals surface area contributed by atoms with Gasteiger partial charge in [-0.15, -0.1) is 11.6 Å². The fraction of sp³-hybridized carbons (Fsp3) is 0.267. The second-order valence-corrected chi connectivity index (χ2v) is 5.69. The van der Waals surface area contributed by atoms with E-state index in [1.54, 1.807) is 0 Å². The summed E-state index contributed by atoms with van der Waals surface area (Å²) in [7, 11) is 0. The van der Waals surface area contributed by atoms with E-state index in [4.69, 9.17) is 11.6 Å². The number of rotatable bonds is 5. The maximum Gasteiger partial charge on any atom is 0.144 e. The fourth-order valence-corrected chi connectivity index (χ4v) is 2.53. The summed E-state index contributed by atoms with van der Waals surface area (Å²) >= 11 is 9.25. The van der Waals surface area contributed by atoms with Crippen LogP contribution in [0, 0.1) is 6.92 Å². The van der Waals surface area contributed by atoms with Gasteiger partial charge in [0.2, 0.25) is 0 Å². The van der Waals surface area contributed by atoms with E-state index >= 15 is 0 Å². The van der Waals surface area contributed by atoms with Crippen LogP contribution in [0.5, 0.6) is 0 Å². The maximum absolute atomic E-state index is 5.72. The van der Waals surface area contributed by atoms with Gasteiger partial charge in [0.05, 0.1) is 4.47 Å². The molecule has 1 N–H and O–H groups in total. The molecule has 0 saturated carbocycles. The van der Waals surface area contributed by atoms with Crippen molar-refractivity contribution in [2.75, 3.05) is 11.2 Å². The number of benzene rings is 1. The highest BCUT2D eigenvalue weighted by atomic mass is 79.9. The second-order valence-electron chi connectivity index (χ2n) is 4.46. The van der Waals surface area contributed by atoms with Gasteiger partial charge in [-0.2, -0.15) is 0 Å². The molecule has 0 spiro atoms. The van der Waals surface area contributed by atoms with E-state index in [2.05, 4.69) is 38.4 Å². The third kappa shape index (κ3) is 4.22. The van der Waals surface area contributed by atoms with E-state index in [0.29, 0.717) is 5.88 Å². The van der Waals surface area contributed by atoms with Crippen molar-refractivity contribution in [3.05, 3.63) is 52.1 Å². The van der Waals surface area contributed by atoms with Crippen LogP contribution < -0.4 is 5.32 Å². The predicted molar refractivity (Wildman–Crippen MR) is 85.4 cm³/mol. The van der Waals surface area contributed by atoms with Crippen LogP contribution in [0.25, 0.3) is 0 Å². The first-order chi connectivity index (χ1) is 9.19. The quantitative estimate of drug-likeness (QED) is 0.769. The number of halogens is 2. The third-order valence-corrected chi connectivity index (χ3v) is 3.64. The minimum absolute atomic E-state index is 0.697. The molecular weight excluding hydrogens is 324 g/mol. The largest absolute Gasteiger partial charge is 0.339 e. The van der Waals surface area contributed by atoms with Crippen LogP contribution in [0.4, 0.5) is 11.5 Å². The van der Waals surface area contributed by atoms with Crippen molar-refractivity contribution in [2.24, 2.45) is 0 Å². The van der Waals surface area contributed by atoms with Crippen LogP contribution in [0.1, 0.15) is 17.5 Å². The van der Waals surface area contributed by atoms with E-state index in [1.165, 1.54) is 5.56 Å². The molecular formula is C15H16BrClN2. The Kier molecular flexibility index (Phi) is 5.23. The molecule has 0 aliphatic carbocycles. The van der Waals surface area contributed by atoms with Crippen LogP contribution in [0.15, 0.2) is 41.0 Å². The van der Waals surface area contributed by atoms with Crippen LogP contribution in [0.3, 0.4) is 0 Å². The number of nitrogens with one attached hydrogen (secondary N) is 1. The summed E-state index contributed by atoms with van der Waals surface area (Å²) in [5.74, 6) is 1.53. The summed E-state index contributed by atoms with van der Waals surface area (Å²) in [6.45, 7) is 2.02. The lowest BCUT2D eigenvalue weighted by Gasteiger charge is -2.09. The highest BCUT2D eigenvalue weighted by molar-refractivity contribution is 9.10. The van der Waals surface area contributed by atoms with Gasteiger partial charge in [0.25, 0.3) is 0 Å². The van der Waals surface area contributed by atoms with Crippen molar-refractivity contribution in [1.82, 2.24) is 4.98 Å². The van der Waals surface area contributed by atoms with E-state index in [0.717, 1.165) is 34.4 Å². The Labute approximate surface area is 127 Å². The topological polar surface area (TPSA) is 24.9 Å². The highest BCUT2D eigenvalue weighted by Gasteiger charge is 2.03. The van der Waals surface area contributed by atoms with Gasteiger partial charge in [0.1, 0.15) is 5.82 Å². The Hall–Kier alpha value is -1.06. The zero-order valence-electron chi connectivity index (χ0n) is 10.8. The van der Waals surface area contributed by atoms with Gasteiger partial charge in [-0.1, -0.05) is 12.1 Å². The SMILES string of the molecule is Cc1cnc(Nc2cccc(CCCCl)c2)c(Br)c1. The summed E-state index contributed by atoms with van der Waals surface area (Å²) in [6, 6.07) is 10.4. The second kappa shape index (κ2) is 6.92. The fourth-order valence-electron chi connectivity index (χ4n) is 1.84. The van der Waals surface area contributed by atoms with Crippen molar-refractivity contribution in [3.8, 4) is 0 Å². The van der Waals surface area contributed by atoms with E-state index in [-0.39, 0.29) is 0 Å². The molecule has 1 heterocycles. The van der Waals surface area contributed by atoms with Gasteiger partial charge in [-0.05, 0) is 65.0 Å². The molecule has 2 nitrogen and oxygen atoms in total. The van der Waals surface area contributed by atoms with E-state index in [9.17, 15) is 0 Å². The molecule has 0 saturated heterocycles. The normalized spacial score (nSPS) is 10.5. The van der Waals surface area contributed by atoms with Crippen LogP contribution >= 0.6 is 27.5 Å². The summed E-state index contributed by atoms with van der Waals surface area (Å²) < 4.78 is 0.971. The molecule has 0 fully saturated rings. The molecule has 4 heteroatoms. The Bertz CT molecular complexity index is 558. The average molecular weight is 340 g/mol. The monoisotopic (exact) mass is 338 g/mol. The first kappa shape index (κ1) is 14.4. The maximum atomic E-state index is 5.72. The molecule has 2 aromatic rings. The number of hydrogen-bond acceptors (Lipinski definition) is 2. The number of nitrogens with zero attached hydrogens (tertiary/aromatic N) is 1. The molecule has 19 heavy (non-hydrogen) atoms. The van der Waals surface area contributed by atoms with Crippen molar-refractivity contribution in [2.45, 2.75) is 19.8 Å². The Morgan fingerprint density at radius 1 is 1.32 bits per heavy atom. The van der Waals surface area contributed by atoms with Crippen molar-refractivity contribution < 1.29 is 0 Å². The number of aromatic nitrogens is 1. The molecule has 0 atom stereocenters. The lowest BCUT2D eigenvalue weighted by molar-refractivity contribution is 0.929. The molecule has 0 bridgehead atoms. The van der Waals surface area contributed by atoms with Crippen molar-refractivity contribution in [3.63, 3.8) is 0 Å². The predicted octanol–water partition coefficient (Wildman–Crippen LogP) is 5.07. The lowest BCUT2D eigenvalue weighted by atomic mass is 10.1. The minimum Gasteiger partial charge on any atom is -0.339 e. The van der Waals surface area contributed by atoms with E-state index in [1.807, 2.05) is 31.3 Å². The molecule has 0 radical (unpaired) electrons. The van der Waals surface area contributed by atoms with Gasteiger partial charge in [-0.3, -0.25) is 0 Å². The van der Waals surface area contributed by atoms with Crippen LogP contribution in [-0.2, 0) is 6.42 Å². The first-order valence-electron chi connectivity index (χ1n) is 6.23. The average Bonchev–Trinajstić information content (AvgIpc) is 2.40. The van der Waals surface area contributed by atoms with Gasteiger partial charge < -0.3 is 5.32 Å². The lowest BCUT2D eigenvalue weighted by Crippen LogP contribution is -1.96. The molecule has 1 aromatic heterocycles. The van der Waals surface area contributed by atoms with Crippen molar-refractivity contribution in [1.29, 1.82) is 0 Å². The molecule has 1 aromatic carbocycles. The van der Waals surface area contributed by atoms with Gasteiger partial charge >= 0.3 is 0 Å². The molecule has 0 unspecified atom stereocenters. The standard InChI is InChI=1S/C15H16BrClN2/c1-11-8-14(16)15(18-10-11)19-13-6-2-4-12(9-13)5-3-7-17/h2,4,6,8-10H,3,5,7H2,1H3,(H,18,19). The molecule has 100 valence electrons. The Morgan fingerprint density at radius 2 is 2.16 bits per heavy atom. The summed E-state index contributed by atoms with van der Waals surface area (Å²) in [5, 5.41) is 3.33. The molecule has 0 amide bonds. The summed E-state index contributed by atoms with van der Waals surface area (Å²) in [4.78, 5) is 4.39. The van der Waals surface area contributed by atoms with Crippen molar-refractivity contribution >= 4 is 39.0 Å². The number of hydrogen-bond donors (Lipinski definition) is 1. The molecule has 0 aliphatic heterocycles. The van der Waals surface area contributed by atoms with Gasteiger partial charge in [0, 0.05) is 17.8 Å². The highest BCUT2D eigenvalue weighted by Crippen LogP contribution is 2.24. The minimum atomic E-state index is 0.697. The van der Waals surface area contributed by atoms with Gasteiger partial charge in [0.15, 0.2) is 0 Å². The van der Waals surface area contributed by atoms with Gasteiger partial charge in [-0.25, -0.2) is 4.98 Å². The Balaban J connectivity index is 2.14. The van der Waals surface area contributed by atoms with E-state index < -0.39 is 0 Å². The van der Waals surface area contributed by atoms with Crippen LogP contribution in [-0.4, -0.2) is 10.9 Å². The molecule has 0 aliphatic rings. The third-order valence-electron chi connectivity index (χ3n) is 2.77. The number of alkyl halides is 1. The number of anilines is 2. The summed E-state index contributed by atoms with van der Waals surface area (Å²) in [5.41, 5.74) is 3.46. The number of aryl methyl sites for hydroxylation is 2. The smallest absolute Gasteiger partial charge is 0.144 e. The Morgan fingerprint density at radius 3 is 2.89 bits per heavy atom. The zero-order chi connectivity index (χ0) is 13.7. The first-order valence-corrected chi connectivity index (χ1v) is 7.56. The zero-order valence-corrected chi connectivity index (χ0v) is 13.1. The number of pyridine rings is 1.